The Morgan fingerprint density at radius 3 is 1.43 bits per heavy atom. The molecule has 0 saturated carbocycles. The Labute approximate surface area is 365 Å². The van der Waals surface area contributed by atoms with E-state index >= 15 is 0 Å². The van der Waals surface area contributed by atoms with Gasteiger partial charge < -0.3 is 24.6 Å². The average Bonchev–Trinajstić information content (AvgIpc) is 3.24. The molecule has 60 heavy (non-hydrogen) atoms. The van der Waals surface area contributed by atoms with Crippen molar-refractivity contribution in [3.8, 4) is 0 Å². The van der Waals surface area contributed by atoms with E-state index in [2.05, 4.69) is 123 Å². The van der Waals surface area contributed by atoms with Crippen LogP contribution in [0.2, 0.25) is 0 Å². The lowest BCUT2D eigenvalue weighted by atomic mass is 10.1. The van der Waals surface area contributed by atoms with Crippen LogP contribution in [0, 0.1) is 0 Å². The molecule has 0 saturated heterocycles. The third-order valence-corrected chi connectivity index (χ3v) is 9.89. The lowest BCUT2D eigenvalue weighted by Gasteiger charge is -2.20. The minimum Gasteiger partial charge on any atom is -0.457 e. The average molecular weight is 859 g/mol. The van der Waals surface area contributed by atoms with Gasteiger partial charge in [-0.3, -0.25) is 13.8 Å². The first-order valence-electron chi connectivity index (χ1n) is 22.9. The molecule has 0 aliphatic carbocycles. The predicted molar refractivity (Wildman–Crippen MR) is 251 cm³/mol. The molecule has 0 fully saturated rings. The summed E-state index contributed by atoms with van der Waals surface area (Å²) in [4.78, 5) is 22.6. The summed E-state index contributed by atoms with van der Waals surface area (Å²) in [6, 6.07) is 0. The van der Waals surface area contributed by atoms with Gasteiger partial charge in [0.15, 0.2) is 0 Å². The van der Waals surface area contributed by atoms with Crippen molar-refractivity contribution >= 4 is 13.8 Å². The Bertz CT molecular complexity index is 1290. The molecular weight excluding hydrogens is 776 g/mol. The Hall–Kier alpha value is -2.88. The molecule has 342 valence electrons. The van der Waals surface area contributed by atoms with E-state index in [-0.39, 0.29) is 13.0 Å². The number of allylic oxidation sites excluding steroid dienone is 18. The molecule has 10 heteroatoms. The highest BCUT2D eigenvalue weighted by Gasteiger charge is 2.26. The SMILES string of the molecule is CC/C=C\C/C=C\C/C=C\C/C=C\C/C=C\C/C=C\C/C=C\CCCCOCC(COP(=O)(O)OCC(O)CO)OC(=O)CCCCCCC/C=C\C/C=C\CCCCC. The van der Waals surface area contributed by atoms with Crippen molar-refractivity contribution in [3.05, 3.63) is 109 Å². The second kappa shape index (κ2) is 45.6. The number of carbonyl (C=O) groups is 1. The van der Waals surface area contributed by atoms with Gasteiger partial charge >= 0.3 is 13.8 Å². The highest BCUT2D eigenvalue weighted by Crippen LogP contribution is 2.43. The standard InChI is InChI=1S/C50H83O9P/c1-3-5-7-9-11-13-15-17-19-20-21-22-23-24-25-26-27-29-31-33-35-37-39-41-43-56-46-49(47-58-60(54,55)57-45-48(52)44-51)59-50(53)42-40-38-36-34-32-30-28-18-16-14-12-10-8-6-4-2/h5,7,11-14,17-19,21-22,24-25,27-29,33,35,48-49,51-52H,3-4,6,8-10,15-16,20,23,26,30-32,34,36-47H2,1-2H3,(H,54,55)/b7-5-,13-11-,14-12-,19-17-,22-21-,25-24-,28-18-,29-27-,35-33-. The third kappa shape index (κ3) is 44.7. The summed E-state index contributed by atoms with van der Waals surface area (Å²) >= 11 is 0. The van der Waals surface area contributed by atoms with Crippen LogP contribution in [0.3, 0.4) is 0 Å². The molecule has 0 aromatic heterocycles. The number of carbonyl (C=O) groups excluding carboxylic acids is 1. The minimum atomic E-state index is -4.54. The first-order chi connectivity index (χ1) is 29.3. The second-order valence-electron chi connectivity index (χ2n) is 14.7. The summed E-state index contributed by atoms with van der Waals surface area (Å²) in [5, 5.41) is 18.4. The van der Waals surface area contributed by atoms with Crippen LogP contribution in [0.1, 0.15) is 155 Å². The van der Waals surface area contributed by atoms with Crippen molar-refractivity contribution < 1.29 is 43.0 Å². The van der Waals surface area contributed by atoms with Gasteiger partial charge in [0.25, 0.3) is 0 Å². The number of phosphoric ester groups is 1. The van der Waals surface area contributed by atoms with Crippen LogP contribution in [-0.2, 0) is 27.9 Å². The minimum absolute atomic E-state index is 0.00565. The molecule has 0 radical (unpaired) electrons. The van der Waals surface area contributed by atoms with Crippen LogP contribution in [0.5, 0.6) is 0 Å². The van der Waals surface area contributed by atoms with E-state index in [9.17, 15) is 19.4 Å². The number of phosphoric acid groups is 1. The zero-order valence-corrected chi connectivity index (χ0v) is 38.3. The van der Waals surface area contributed by atoms with E-state index in [1.807, 2.05) is 0 Å². The number of aliphatic hydroxyl groups excluding tert-OH is 2. The number of esters is 1. The normalized spacial score (nSPS) is 14.9. The van der Waals surface area contributed by atoms with Gasteiger partial charge in [-0.15, -0.1) is 0 Å². The van der Waals surface area contributed by atoms with Gasteiger partial charge in [-0.25, -0.2) is 4.57 Å². The zero-order chi connectivity index (χ0) is 43.9. The molecule has 3 unspecified atom stereocenters. The van der Waals surface area contributed by atoms with Crippen LogP contribution in [0.15, 0.2) is 109 Å². The van der Waals surface area contributed by atoms with Gasteiger partial charge in [-0.1, -0.05) is 155 Å². The third-order valence-electron chi connectivity index (χ3n) is 8.94. The highest BCUT2D eigenvalue weighted by atomic mass is 31.2. The number of hydrogen-bond donors (Lipinski definition) is 3. The maximum absolute atomic E-state index is 12.6. The number of rotatable bonds is 42. The van der Waals surface area contributed by atoms with Crippen LogP contribution in [0.25, 0.3) is 0 Å². The topological polar surface area (TPSA) is 132 Å². The van der Waals surface area contributed by atoms with Crippen molar-refractivity contribution in [1.82, 2.24) is 0 Å². The van der Waals surface area contributed by atoms with E-state index in [0.717, 1.165) is 103 Å². The van der Waals surface area contributed by atoms with Crippen molar-refractivity contribution in [1.29, 1.82) is 0 Å². The van der Waals surface area contributed by atoms with Crippen LogP contribution >= 0.6 is 7.82 Å². The molecular formula is C50H83O9P. The fraction of sp³-hybridized carbons (Fsp3) is 0.620. The second-order valence-corrected chi connectivity index (χ2v) is 16.1. The van der Waals surface area contributed by atoms with Crippen LogP contribution < -0.4 is 0 Å². The number of hydrogen-bond acceptors (Lipinski definition) is 8. The molecule has 0 aliphatic rings. The molecule has 0 bridgehead atoms. The summed E-state index contributed by atoms with van der Waals surface area (Å²) in [5.74, 6) is -0.417. The summed E-state index contributed by atoms with van der Waals surface area (Å²) in [7, 11) is -4.54. The fourth-order valence-electron chi connectivity index (χ4n) is 5.48. The zero-order valence-electron chi connectivity index (χ0n) is 37.4. The van der Waals surface area contributed by atoms with Crippen LogP contribution in [-0.4, -0.2) is 66.3 Å². The molecule has 0 aliphatic heterocycles. The lowest BCUT2D eigenvalue weighted by Crippen LogP contribution is -2.29. The van der Waals surface area contributed by atoms with Gasteiger partial charge in [-0.2, -0.15) is 0 Å². The highest BCUT2D eigenvalue weighted by molar-refractivity contribution is 7.47. The first-order valence-corrected chi connectivity index (χ1v) is 24.4. The number of unbranched alkanes of at least 4 members (excludes halogenated alkanes) is 10. The van der Waals surface area contributed by atoms with E-state index in [1.165, 1.54) is 25.7 Å². The smallest absolute Gasteiger partial charge is 0.457 e. The van der Waals surface area contributed by atoms with Crippen LogP contribution in [0.4, 0.5) is 0 Å². The summed E-state index contributed by atoms with van der Waals surface area (Å²) in [5.41, 5.74) is 0. The Balaban J connectivity index is 4.28. The largest absolute Gasteiger partial charge is 0.472 e. The quantitative estimate of drug-likeness (QED) is 0.0238. The summed E-state index contributed by atoms with van der Waals surface area (Å²) in [6.07, 6.45) is 59.1. The van der Waals surface area contributed by atoms with Gasteiger partial charge in [-0.05, 0) is 103 Å². The monoisotopic (exact) mass is 859 g/mol. The molecule has 0 heterocycles. The molecule has 3 atom stereocenters. The van der Waals surface area contributed by atoms with E-state index in [1.54, 1.807) is 0 Å². The Morgan fingerprint density at radius 2 is 0.950 bits per heavy atom. The maximum Gasteiger partial charge on any atom is 0.472 e. The number of aliphatic hydroxyl groups is 2. The molecule has 3 N–H and O–H groups in total. The fourth-order valence-corrected chi connectivity index (χ4v) is 6.27. The van der Waals surface area contributed by atoms with E-state index in [0.29, 0.717) is 13.0 Å². The molecule has 0 amide bonds. The molecule has 0 rings (SSSR count). The van der Waals surface area contributed by atoms with Gasteiger partial charge in [0.2, 0.25) is 0 Å². The summed E-state index contributed by atoms with van der Waals surface area (Å²) < 4.78 is 33.3. The van der Waals surface area contributed by atoms with E-state index < -0.39 is 45.8 Å². The summed E-state index contributed by atoms with van der Waals surface area (Å²) in [6.45, 7) is 3.21. The molecule has 0 aromatic carbocycles. The predicted octanol–water partition coefficient (Wildman–Crippen LogP) is 13.0. The Morgan fingerprint density at radius 1 is 0.533 bits per heavy atom. The van der Waals surface area contributed by atoms with Gasteiger partial charge in [0, 0.05) is 13.0 Å². The molecule has 9 nitrogen and oxygen atoms in total. The Kier molecular flexibility index (Phi) is 43.5. The molecule has 0 aromatic rings. The maximum atomic E-state index is 12.6. The van der Waals surface area contributed by atoms with E-state index in [4.69, 9.17) is 23.6 Å². The number of ether oxygens (including phenoxy) is 2. The van der Waals surface area contributed by atoms with Crippen molar-refractivity contribution in [2.75, 3.05) is 33.0 Å². The lowest BCUT2D eigenvalue weighted by molar-refractivity contribution is -0.154. The first kappa shape index (κ1) is 57.1. The van der Waals surface area contributed by atoms with Gasteiger partial charge in [0.05, 0.1) is 26.4 Å². The molecule has 0 spiro atoms. The van der Waals surface area contributed by atoms with Crippen molar-refractivity contribution in [2.45, 2.75) is 167 Å². The van der Waals surface area contributed by atoms with Crippen molar-refractivity contribution in [2.24, 2.45) is 0 Å². The van der Waals surface area contributed by atoms with Crippen molar-refractivity contribution in [3.63, 3.8) is 0 Å². The van der Waals surface area contributed by atoms with Gasteiger partial charge in [0.1, 0.15) is 12.2 Å².